The molecule has 0 saturated heterocycles. The van der Waals surface area contributed by atoms with E-state index in [9.17, 15) is 13.2 Å². The van der Waals surface area contributed by atoms with Crippen molar-refractivity contribution in [2.75, 3.05) is 6.61 Å². The van der Waals surface area contributed by atoms with Crippen molar-refractivity contribution in [1.29, 1.82) is 0 Å². The summed E-state index contributed by atoms with van der Waals surface area (Å²) in [7, 11) is 0. The third-order valence-corrected chi connectivity index (χ3v) is 2.11. The van der Waals surface area contributed by atoms with Crippen LogP contribution in [-0.2, 0) is 6.54 Å². The highest BCUT2D eigenvalue weighted by Crippen LogP contribution is 2.24. The molecule has 0 N–H and O–H groups in total. The third kappa shape index (κ3) is 4.49. The molecule has 0 bridgehead atoms. The Kier molecular flexibility index (Phi) is 3.88. The van der Waals surface area contributed by atoms with E-state index in [1.807, 2.05) is 0 Å². The summed E-state index contributed by atoms with van der Waals surface area (Å²) in [5, 5.41) is 3.88. The summed E-state index contributed by atoms with van der Waals surface area (Å²) in [5.41, 5.74) is 0. The molecular formula is C11H10F3N3O2. The second-order valence-corrected chi connectivity index (χ2v) is 3.53. The molecule has 1 aromatic carbocycles. The Morgan fingerprint density at radius 3 is 2.37 bits per heavy atom. The molecule has 0 atom stereocenters. The number of alkyl halides is 3. The lowest BCUT2D eigenvalue weighted by atomic mass is 10.3. The fraction of sp³-hybridized carbons (Fsp3) is 0.273. The molecule has 0 fully saturated rings. The van der Waals surface area contributed by atoms with Crippen LogP contribution in [-0.4, -0.2) is 27.7 Å². The smallest absolute Gasteiger partial charge is 0.492 e. The number of hydrogen-bond donors (Lipinski definition) is 0. The third-order valence-electron chi connectivity index (χ3n) is 2.11. The van der Waals surface area contributed by atoms with Crippen molar-refractivity contribution in [2.24, 2.45) is 0 Å². The highest BCUT2D eigenvalue weighted by molar-refractivity contribution is 5.31. The van der Waals surface area contributed by atoms with Crippen molar-refractivity contribution in [3.63, 3.8) is 0 Å². The number of ether oxygens (including phenoxy) is 2. The second kappa shape index (κ2) is 5.59. The molecule has 5 nitrogen and oxygen atoms in total. The molecule has 102 valence electrons. The maximum absolute atomic E-state index is 11.9. The quantitative estimate of drug-likeness (QED) is 0.838. The highest BCUT2D eigenvalue weighted by Gasteiger charge is 2.30. The van der Waals surface area contributed by atoms with Crippen LogP contribution in [0.3, 0.4) is 0 Å². The van der Waals surface area contributed by atoms with Crippen molar-refractivity contribution < 1.29 is 22.6 Å². The number of benzene rings is 1. The fourth-order valence-electron chi connectivity index (χ4n) is 1.34. The highest BCUT2D eigenvalue weighted by atomic mass is 19.4. The molecule has 2 aromatic rings. The van der Waals surface area contributed by atoms with Crippen LogP contribution in [0.5, 0.6) is 11.5 Å². The Morgan fingerprint density at radius 2 is 1.79 bits per heavy atom. The van der Waals surface area contributed by atoms with E-state index in [4.69, 9.17) is 4.74 Å². The Balaban J connectivity index is 1.81. The van der Waals surface area contributed by atoms with E-state index < -0.39 is 6.36 Å². The van der Waals surface area contributed by atoms with Crippen LogP contribution in [0.15, 0.2) is 36.9 Å². The van der Waals surface area contributed by atoms with Gasteiger partial charge in [-0.25, -0.2) is 9.67 Å². The predicted octanol–water partition coefficient (Wildman–Crippen LogP) is 2.26. The summed E-state index contributed by atoms with van der Waals surface area (Å²) in [6, 6.07) is 5.20. The number of halogens is 3. The average Bonchev–Trinajstić information content (AvgIpc) is 2.82. The van der Waals surface area contributed by atoms with Crippen LogP contribution in [0.4, 0.5) is 13.2 Å². The van der Waals surface area contributed by atoms with Gasteiger partial charge in [-0.05, 0) is 24.3 Å². The van der Waals surface area contributed by atoms with E-state index in [-0.39, 0.29) is 5.75 Å². The summed E-state index contributed by atoms with van der Waals surface area (Å²) in [6.45, 7) is 0.837. The SMILES string of the molecule is FC(F)(F)Oc1ccc(OCCn2cncn2)cc1. The van der Waals surface area contributed by atoms with E-state index in [0.717, 1.165) is 0 Å². The van der Waals surface area contributed by atoms with Crippen molar-refractivity contribution in [2.45, 2.75) is 12.9 Å². The largest absolute Gasteiger partial charge is 0.573 e. The number of nitrogens with zero attached hydrogens (tertiary/aromatic N) is 3. The maximum Gasteiger partial charge on any atom is 0.573 e. The Morgan fingerprint density at radius 1 is 1.11 bits per heavy atom. The first-order chi connectivity index (χ1) is 9.03. The Labute approximate surface area is 106 Å². The van der Waals surface area contributed by atoms with Gasteiger partial charge in [-0.2, -0.15) is 5.10 Å². The van der Waals surface area contributed by atoms with Gasteiger partial charge in [0, 0.05) is 0 Å². The monoisotopic (exact) mass is 273 g/mol. The Bertz CT molecular complexity index is 497. The lowest BCUT2D eigenvalue weighted by Crippen LogP contribution is -2.17. The van der Waals surface area contributed by atoms with Gasteiger partial charge in [-0.1, -0.05) is 0 Å². The molecule has 19 heavy (non-hydrogen) atoms. The summed E-state index contributed by atoms with van der Waals surface area (Å²) in [4.78, 5) is 3.77. The van der Waals surface area contributed by atoms with Gasteiger partial charge >= 0.3 is 6.36 Å². The molecule has 2 rings (SSSR count). The first-order valence-electron chi connectivity index (χ1n) is 5.34. The molecular weight excluding hydrogens is 263 g/mol. The van der Waals surface area contributed by atoms with Gasteiger partial charge in [0.1, 0.15) is 30.8 Å². The zero-order valence-corrected chi connectivity index (χ0v) is 9.67. The average molecular weight is 273 g/mol. The van der Waals surface area contributed by atoms with Crippen molar-refractivity contribution in [1.82, 2.24) is 14.8 Å². The van der Waals surface area contributed by atoms with E-state index in [0.29, 0.717) is 18.9 Å². The van der Waals surface area contributed by atoms with Gasteiger partial charge in [0.2, 0.25) is 0 Å². The molecule has 0 radical (unpaired) electrons. The number of hydrogen-bond acceptors (Lipinski definition) is 4. The zero-order valence-electron chi connectivity index (χ0n) is 9.67. The molecule has 0 spiro atoms. The van der Waals surface area contributed by atoms with E-state index in [1.165, 1.54) is 30.6 Å². The van der Waals surface area contributed by atoms with Gasteiger partial charge < -0.3 is 9.47 Å². The normalized spacial score (nSPS) is 11.3. The minimum atomic E-state index is -4.69. The van der Waals surface area contributed by atoms with Gasteiger partial charge in [0.05, 0.1) is 6.54 Å². The molecule has 0 aliphatic carbocycles. The standard InChI is InChI=1S/C11H10F3N3O2/c12-11(13,14)19-10-3-1-9(2-4-10)18-6-5-17-8-15-7-16-17/h1-4,7-8H,5-6H2. The second-order valence-electron chi connectivity index (χ2n) is 3.53. The van der Waals surface area contributed by atoms with Gasteiger partial charge in [0.15, 0.2) is 0 Å². The molecule has 1 aromatic heterocycles. The van der Waals surface area contributed by atoms with Crippen LogP contribution in [0.2, 0.25) is 0 Å². The number of aromatic nitrogens is 3. The van der Waals surface area contributed by atoms with Crippen LogP contribution in [0.1, 0.15) is 0 Å². The minimum absolute atomic E-state index is 0.281. The summed E-state index contributed by atoms with van der Waals surface area (Å²) in [6.07, 6.45) is -1.73. The Hall–Kier alpha value is -2.25. The van der Waals surface area contributed by atoms with Crippen molar-refractivity contribution in [3.05, 3.63) is 36.9 Å². The van der Waals surface area contributed by atoms with Gasteiger partial charge in [-0.15, -0.1) is 13.2 Å². The summed E-state index contributed by atoms with van der Waals surface area (Å²) >= 11 is 0. The van der Waals surface area contributed by atoms with Crippen LogP contribution >= 0.6 is 0 Å². The van der Waals surface area contributed by atoms with Crippen LogP contribution in [0, 0.1) is 0 Å². The maximum atomic E-state index is 11.9. The molecule has 0 saturated carbocycles. The lowest BCUT2D eigenvalue weighted by Gasteiger charge is -2.10. The molecule has 0 aliphatic heterocycles. The first kappa shape index (κ1) is 13.2. The van der Waals surface area contributed by atoms with Crippen molar-refractivity contribution in [3.8, 4) is 11.5 Å². The minimum Gasteiger partial charge on any atom is -0.492 e. The molecule has 1 heterocycles. The van der Waals surface area contributed by atoms with Gasteiger partial charge in [0.25, 0.3) is 0 Å². The van der Waals surface area contributed by atoms with Crippen molar-refractivity contribution >= 4 is 0 Å². The summed E-state index contributed by atoms with van der Waals surface area (Å²) < 4.78 is 46.5. The molecule has 8 heteroatoms. The zero-order chi connectivity index (χ0) is 13.7. The first-order valence-corrected chi connectivity index (χ1v) is 5.34. The lowest BCUT2D eigenvalue weighted by molar-refractivity contribution is -0.274. The topological polar surface area (TPSA) is 49.2 Å². The van der Waals surface area contributed by atoms with E-state index >= 15 is 0 Å². The van der Waals surface area contributed by atoms with E-state index in [2.05, 4.69) is 14.8 Å². The van der Waals surface area contributed by atoms with Crippen LogP contribution in [0.25, 0.3) is 0 Å². The fourth-order valence-corrected chi connectivity index (χ4v) is 1.34. The number of rotatable bonds is 5. The van der Waals surface area contributed by atoms with E-state index in [1.54, 1.807) is 11.0 Å². The molecule has 0 amide bonds. The van der Waals surface area contributed by atoms with Crippen LogP contribution < -0.4 is 9.47 Å². The summed E-state index contributed by atoms with van der Waals surface area (Å²) in [5.74, 6) is 0.172. The predicted molar refractivity (Wildman–Crippen MR) is 58.6 cm³/mol. The molecule has 0 aliphatic rings. The molecule has 0 unspecified atom stereocenters. The van der Waals surface area contributed by atoms with Gasteiger partial charge in [-0.3, -0.25) is 0 Å².